The van der Waals surface area contributed by atoms with Gasteiger partial charge in [0.1, 0.15) is 12.7 Å². The first-order valence-corrected chi connectivity index (χ1v) is 10.9. The topological polar surface area (TPSA) is 105 Å². The Labute approximate surface area is 201 Å². The van der Waals surface area contributed by atoms with E-state index in [1.807, 2.05) is 0 Å². The Morgan fingerprint density at radius 3 is 1.66 bits per heavy atom. The molecule has 1 heterocycles. The molecule has 3 atom stereocenters. The summed E-state index contributed by atoms with van der Waals surface area (Å²) in [6.45, 7) is -0.236. The fourth-order valence-corrected chi connectivity index (χ4v) is 3.44. The fourth-order valence-electron chi connectivity index (χ4n) is 3.44. The zero-order valence-electron chi connectivity index (χ0n) is 18.6. The molecule has 0 aromatic heterocycles. The highest BCUT2D eigenvalue weighted by Crippen LogP contribution is 2.23. The van der Waals surface area contributed by atoms with Gasteiger partial charge in [0.25, 0.3) is 6.29 Å². The van der Waals surface area contributed by atoms with Crippen molar-refractivity contribution in [2.75, 3.05) is 6.61 Å². The number of carbonyl (C=O) groups is 4. The van der Waals surface area contributed by atoms with E-state index in [1.54, 1.807) is 78.9 Å². The summed E-state index contributed by atoms with van der Waals surface area (Å²) >= 11 is 0. The molecule has 0 N–H and O–H groups in total. The Morgan fingerprint density at radius 1 is 0.686 bits per heavy atom. The van der Waals surface area contributed by atoms with Crippen LogP contribution in [0.2, 0.25) is 0 Å². The van der Waals surface area contributed by atoms with Gasteiger partial charge in [-0.1, -0.05) is 54.6 Å². The average Bonchev–Trinajstić information content (AvgIpc) is 2.91. The van der Waals surface area contributed by atoms with Crippen molar-refractivity contribution < 1.29 is 38.1 Å². The zero-order chi connectivity index (χ0) is 24.6. The first-order chi connectivity index (χ1) is 17.0. The second kappa shape index (κ2) is 11.2. The first kappa shape index (κ1) is 23.8. The summed E-state index contributed by atoms with van der Waals surface area (Å²) in [7, 11) is 0. The predicted octanol–water partition coefficient (Wildman–Crippen LogP) is 3.61. The van der Waals surface area contributed by atoms with Gasteiger partial charge in [-0.15, -0.1) is 0 Å². The van der Waals surface area contributed by atoms with Crippen LogP contribution in [0.25, 0.3) is 0 Å². The van der Waals surface area contributed by atoms with Gasteiger partial charge >= 0.3 is 17.9 Å². The molecule has 8 heteroatoms. The van der Waals surface area contributed by atoms with Crippen molar-refractivity contribution in [3.8, 4) is 0 Å². The number of esters is 3. The van der Waals surface area contributed by atoms with Crippen LogP contribution < -0.4 is 0 Å². The number of hydrogen-bond donors (Lipinski definition) is 0. The van der Waals surface area contributed by atoms with E-state index >= 15 is 0 Å². The standard InChI is InChI=1S/C27H22O8/c28-23-22(34-25(30)19-12-6-2-7-13-19)16-21(17-32-24(29)18-10-4-1-5-11-18)33-27(23)35-26(31)20-14-8-3-9-15-20/h1-15,21-22,27H,16-17H2/t21?,22?,27-/m0/s1. The van der Waals surface area contributed by atoms with Crippen molar-refractivity contribution in [3.63, 3.8) is 0 Å². The molecule has 2 unspecified atom stereocenters. The molecule has 0 saturated carbocycles. The average molecular weight is 474 g/mol. The van der Waals surface area contributed by atoms with Crippen molar-refractivity contribution >= 4 is 23.7 Å². The van der Waals surface area contributed by atoms with E-state index in [2.05, 4.69) is 0 Å². The second-order valence-electron chi connectivity index (χ2n) is 7.72. The third kappa shape index (κ3) is 6.18. The number of hydrogen-bond acceptors (Lipinski definition) is 8. The molecule has 178 valence electrons. The number of rotatable bonds is 7. The van der Waals surface area contributed by atoms with Gasteiger partial charge in [-0.05, 0) is 36.4 Å². The summed E-state index contributed by atoms with van der Waals surface area (Å²) in [5, 5.41) is 0. The first-order valence-electron chi connectivity index (χ1n) is 10.9. The van der Waals surface area contributed by atoms with Crippen LogP contribution in [-0.2, 0) is 23.7 Å². The summed E-state index contributed by atoms with van der Waals surface area (Å²) in [4.78, 5) is 50.4. The van der Waals surface area contributed by atoms with E-state index < -0.39 is 42.2 Å². The van der Waals surface area contributed by atoms with Crippen LogP contribution in [-0.4, -0.2) is 48.8 Å². The van der Waals surface area contributed by atoms with Crippen LogP contribution in [0, 0.1) is 0 Å². The minimum atomic E-state index is -1.63. The maximum absolute atomic E-state index is 13.0. The lowest BCUT2D eigenvalue weighted by Crippen LogP contribution is -2.50. The fraction of sp³-hybridized carbons (Fsp3) is 0.185. The summed E-state index contributed by atoms with van der Waals surface area (Å²) in [5.41, 5.74) is 0.828. The highest BCUT2D eigenvalue weighted by Gasteiger charge is 2.42. The zero-order valence-corrected chi connectivity index (χ0v) is 18.6. The van der Waals surface area contributed by atoms with Crippen molar-refractivity contribution in [1.29, 1.82) is 0 Å². The van der Waals surface area contributed by atoms with Crippen LogP contribution in [0.1, 0.15) is 37.5 Å². The van der Waals surface area contributed by atoms with Gasteiger partial charge in [0, 0.05) is 6.42 Å². The van der Waals surface area contributed by atoms with E-state index in [9.17, 15) is 19.2 Å². The highest BCUT2D eigenvalue weighted by atomic mass is 16.7. The largest absolute Gasteiger partial charge is 0.459 e. The van der Waals surface area contributed by atoms with E-state index in [0.717, 1.165) is 0 Å². The SMILES string of the molecule is O=C(OCC1CC(OC(=O)c2ccccc2)C(=O)[C@H](OC(=O)c2ccccc2)O1)c1ccccc1. The van der Waals surface area contributed by atoms with Gasteiger partial charge in [0.2, 0.25) is 5.78 Å². The lowest BCUT2D eigenvalue weighted by molar-refractivity contribution is -0.199. The monoisotopic (exact) mass is 474 g/mol. The normalized spacial score (nSPS) is 19.4. The number of carbonyl (C=O) groups excluding carboxylic acids is 4. The Hall–Kier alpha value is -4.30. The van der Waals surface area contributed by atoms with E-state index in [-0.39, 0.29) is 24.2 Å². The van der Waals surface area contributed by atoms with Crippen molar-refractivity contribution in [2.45, 2.75) is 24.9 Å². The third-order valence-corrected chi connectivity index (χ3v) is 5.23. The van der Waals surface area contributed by atoms with Gasteiger partial charge in [-0.3, -0.25) is 4.79 Å². The molecule has 8 nitrogen and oxygen atoms in total. The van der Waals surface area contributed by atoms with Gasteiger partial charge < -0.3 is 18.9 Å². The van der Waals surface area contributed by atoms with Gasteiger partial charge in [0.15, 0.2) is 6.10 Å². The van der Waals surface area contributed by atoms with Crippen LogP contribution in [0.4, 0.5) is 0 Å². The smallest absolute Gasteiger partial charge is 0.340 e. The molecular formula is C27H22O8. The molecule has 35 heavy (non-hydrogen) atoms. The molecule has 0 radical (unpaired) electrons. The summed E-state index contributed by atoms with van der Waals surface area (Å²) in [6, 6.07) is 24.6. The van der Waals surface area contributed by atoms with E-state index in [4.69, 9.17) is 18.9 Å². The molecule has 0 amide bonds. The maximum Gasteiger partial charge on any atom is 0.340 e. The summed E-state index contributed by atoms with van der Waals surface area (Å²) < 4.78 is 21.7. The van der Waals surface area contributed by atoms with Crippen molar-refractivity contribution in [2.24, 2.45) is 0 Å². The molecule has 3 aromatic carbocycles. The van der Waals surface area contributed by atoms with Crippen LogP contribution in [0.3, 0.4) is 0 Å². The molecule has 1 saturated heterocycles. The molecule has 0 aliphatic carbocycles. The third-order valence-electron chi connectivity index (χ3n) is 5.23. The van der Waals surface area contributed by atoms with Gasteiger partial charge in [-0.2, -0.15) is 0 Å². The molecule has 0 bridgehead atoms. The summed E-state index contributed by atoms with van der Waals surface area (Å²) in [5.74, 6) is -2.79. The van der Waals surface area contributed by atoms with Crippen molar-refractivity contribution in [3.05, 3.63) is 108 Å². The minimum absolute atomic E-state index is 0.0706. The Morgan fingerprint density at radius 2 is 1.14 bits per heavy atom. The van der Waals surface area contributed by atoms with Gasteiger partial charge in [-0.25, -0.2) is 14.4 Å². The molecule has 3 aromatic rings. The highest BCUT2D eigenvalue weighted by molar-refractivity contribution is 5.96. The van der Waals surface area contributed by atoms with Crippen LogP contribution in [0.15, 0.2) is 91.0 Å². The second-order valence-corrected chi connectivity index (χ2v) is 7.72. The Kier molecular flexibility index (Phi) is 7.64. The predicted molar refractivity (Wildman–Crippen MR) is 123 cm³/mol. The lowest BCUT2D eigenvalue weighted by Gasteiger charge is -2.32. The van der Waals surface area contributed by atoms with E-state index in [1.165, 1.54) is 12.1 Å². The lowest BCUT2D eigenvalue weighted by atomic mass is 10.0. The minimum Gasteiger partial charge on any atom is -0.459 e. The summed E-state index contributed by atoms with van der Waals surface area (Å²) in [6.07, 6.45) is -3.82. The molecular weight excluding hydrogens is 452 g/mol. The van der Waals surface area contributed by atoms with Crippen LogP contribution in [0.5, 0.6) is 0 Å². The van der Waals surface area contributed by atoms with Crippen LogP contribution >= 0.6 is 0 Å². The van der Waals surface area contributed by atoms with Crippen molar-refractivity contribution in [1.82, 2.24) is 0 Å². The quantitative estimate of drug-likeness (QED) is 0.378. The molecule has 1 fully saturated rings. The molecule has 1 aliphatic rings. The maximum atomic E-state index is 13.0. The van der Waals surface area contributed by atoms with Gasteiger partial charge in [0.05, 0.1) is 16.7 Å². The molecule has 4 rings (SSSR count). The number of benzene rings is 3. The number of ketones is 1. The number of ether oxygens (including phenoxy) is 4. The Balaban J connectivity index is 1.47. The molecule has 0 spiro atoms. The van der Waals surface area contributed by atoms with E-state index in [0.29, 0.717) is 5.56 Å². The Bertz CT molecular complexity index is 1110. The molecule has 1 aliphatic heterocycles. The number of Topliss-reactive ketones (excluding diaryl/α,β-unsaturated/α-hetero) is 1.